The monoisotopic (exact) mass is 242 g/mol. The van der Waals surface area contributed by atoms with Gasteiger partial charge in [0.05, 0.1) is 11.1 Å². The van der Waals surface area contributed by atoms with Crippen LogP contribution in [0, 0.1) is 11.3 Å². The molecule has 2 atom stereocenters. The molecule has 4 aliphatic rings. The van der Waals surface area contributed by atoms with Gasteiger partial charge in [-0.1, -0.05) is 19.9 Å². The number of carbonyl (C=O) groups excluding carboxylic acids is 2. The minimum absolute atomic E-state index is 0.327. The number of hydrogen-bond donors (Lipinski definition) is 0. The smallest absolute Gasteiger partial charge is 0.347 e. The Morgan fingerprint density at radius 3 is 2.72 bits per heavy atom. The Kier molecular flexibility index (Phi) is 1.63. The van der Waals surface area contributed by atoms with E-state index in [0.717, 1.165) is 12.0 Å². The lowest BCUT2D eigenvalue weighted by Gasteiger charge is -2.57. The third-order valence-corrected chi connectivity index (χ3v) is 5.26. The molecule has 1 aromatic carbocycles. The first-order valence-corrected chi connectivity index (χ1v) is 6.42. The summed E-state index contributed by atoms with van der Waals surface area (Å²) >= 11 is 0. The molecule has 1 saturated carbocycles. The highest BCUT2D eigenvalue weighted by Gasteiger charge is 2.54. The van der Waals surface area contributed by atoms with Crippen LogP contribution in [-0.2, 0) is 11.2 Å². The van der Waals surface area contributed by atoms with Crippen LogP contribution in [0.1, 0.15) is 58.0 Å². The van der Waals surface area contributed by atoms with Crippen molar-refractivity contribution in [3.8, 4) is 0 Å². The molecule has 2 unspecified atom stereocenters. The van der Waals surface area contributed by atoms with Crippen molar-refractivity contribution in [1.82, 2.24) is 0 Å². The summed E-state index contributed by atoms with van der Waals surface area (Å²) in [4.78, 5) is 23.3. The molecular formula is C15H14O3. The molecule has 0 saturated heterocycles. The predicted octanol–water partition coefficient (Wildman–Crippen LogP) is 2.68. The van der Waals surface area contributed by atoms with Gasteiger partial charge in [0.15, 0.2) is 0 Å². The summed E-state index contributed by atoms with van der Waals surface area (Å²) < 4.78 is 4.72. The van der Waals surface area contributed by atoms with Gasteiger partial charge in [-0.3, -0.25) is 0 Å². The van der Waals surface area contributed by atoms with E-state index < -0.39 is 11.9 Å². The third-order valence-electron chi connectivity index (χ3n) is 5.26. The number of hydrogen-bond acceptors (Lipinski definition) is 3. The SMILES string of the molecule is CC1(C)C2Cc3c(ccc4c3C(=O)OC4=O)C1C2. The molecule has 3 heteroatoms. The van der Waals surface area contributed by atoms with Gasteiger partial charge in [-0.05, 0) is 47.3 Å². The molecule has 3 nitrogen and oxygen atoms in total. The lowest BCUT2D eigenvalue weighted by molar-refractivity contribution is 0.0179. The van der Waals surface area contributed by atoms with Crippen molar-refractivity contribution in [3.63, 3.8) is 0 Å². The van der Waals surface area contributed by atoms with Crippen LogP contribution >= 0.6 is 0 Å². The number of rotatable bonds is 0. The summed E-state index contributed by atoms with van der Waals surface area (Å²) in [6.07, 6.45) is 2.12. The fourth-order valence-corrected chi connectivity index (χ4v) is 3.94. The summed E-state index contributed by atoms with van der Waals surface area (Å²) in [5, 5.41) is 0. The normalized spacial score (nSPS) is 30.3. The van der Waals surface area contributed by atoms with Crippen molar-refractivity contribution in [2.75, 3.05) is 0 Å². The first-order chi connectivity index (χ1) is 8.50. The zero-order valence-corrected chi connectivity index (χ0v) is 10.4. The van der Waals surface area contributed by atoms with Crippen LogP contribution in [0.4, 0.5) is 0 Å². The van der Waals surface area contributed by atoms with Crippen LogP contribution in [0.15, 0.2) is 12.1 Å². The highest BCUT2D eigenvalue weighted by Crippen LogP contribution is 2.62. The molecule has 18 heavy (non-hydrogen) atoms. The molecule has 5 rings (SSSR count). The number of ether oxygens (including phenoxy) is 1. The zero-order chi connectivity index (χ0) is 12.7. The van der Waals surface area contributed by atoms with Crippen LogP contribution < -0.4 is 0 Å². The van der Waals surface area contributed by atoms with Gasteiger partial charge in [0.2, 0.25) is 0 Å². The van der Waals surface area contributed by atoms with E-state index in [-0.39, 0.29) is 0 Å². The molecule has 0 aromatic heterocycles. The minimum atomic E-state index is -0.490. The van der Waals surface area contributed by atoms with Crippen molar-refractivity contribution in [2.45, 2.75) is 32.6 Å². The Hall–Kier alpha value is -1.64. The second kappa shape index (κ2) is 2.85. The molecule has 1 aliphatic heterocycles. The molecule has 0 amide bonds. The van der Waals surface area contributed by atoms with Gasteiger partial charge in [-0.15, -0.1) is 0 Å². The second-order valence-corrected chi connectivity index (χ2v) is 6.24. The van der Waals surface area contributed by atoms with Crippen molar-refractivity contribution < 1.29 is 14.3 Å². The maximum absolute atomic E-state index is 11.8. The van der Waals surface area contributed by atoms with Gasteiger partial charge in [-0.25, -0.2) is 9.59 Å². The highest BCUT2D eigenvalue weighted by molar-refractivity contribution is 6.15. The van der Waals surface area contributed by atoms with Crippen LogP contribution in [0.5, 0.6) is 0 Å². The molecule has 0 radical (unpaired) electrons. The number of carbonyl (C=O) groups is 2. The fourth-order valence-electron chi connectivity index (χ4n) is 3.94. The molecule has 1 heterocycles. The maximum atomic E-state index is 11.8. The predicted molar refractivity (Wildman–Crippen MR) is 64.5 cm³/mol. The molecule has 0 spiro atoms. The summed E-state index contributed by atoms with van der Waals surface area (Å²) in [5.74, 6) is 0.215. The van der Waals surface area contributed by atoms with Gasteiger partial charge in [0, 0.05) is 0 Å². The first kappa shape index (κ1) is 10.3. The van der Waals surface area contributed by atoms with E-state index in [1.165, 1.54) is 12.0 Å². The van der Waals surface area contributed by atoms with E-state index in [4.69, 9.17) is 4.74 Å². The summed E-state index contributed by atoms with van der Waals surface area (Å²) in [6.45, 7) is 4.59. The topological polar surface area (TPSA) is 43.4 Å². The number of esters is 2. The average molecular weight is 242 g/mol. The van der Waals surface area contributed by atoms with E-state index >= 15 is 0 Å². The Morgan fingerprint density at radius 1 is 1.22 bits per heavy atom. The van der Waals surface area contributed by atoms with Gasteiger partial charge in [0.1, 0.15) is 0 Å². The van der Waals surface area contributed by atoms with Crippen LogP contribution in [-0.4, -0.2) is 11.9 Å². The van der Waals surface area contributed by atoms with E-state index in [1.807, 2.05) is 6.07 Å². The zero-order valence-electron chi connectivity index (χ0n) is 10.4. The molecule has 1 aromatic rings. The Labute approximate surface area is 105 Å². The summed E-state index contributed by atoms with van der Waals surface area (Å²) in [7, 11) is 0. The Bertz CT molecular complexity index is 612. The second-order valence-electron chi connectivity index (χ2n) is 6.24. The number of benzene rings is 1. The van der Waals surface area contributed by atoms with Gasteiger partial charge in [-0.2, -0.15) is 0 Å². The fraction of sp³-hybridized carbons (Fsp3) is 0.467. The lowest BCUT2D eigenvalue weighted by Crippen LogP contribution is -2.48. The van der Waals surface area contributed by atoms with Crippen LogP contribution in [0.2, 0.25) is 0 Å². The largest absolute Gasteiger partial charge is 0.386 e. The van der Waals surface area contributed by atoms with Crippen LogP contribution in [0.3, 0.4) is 0 Å². The van der Waals surface area contributed by atoms with Crippen molar-refractivity contribution in [3.05, 3.63) is 34.4 Å². The standard InChI is InChI=1S/C15H14O3/c1-15(2)7-5-10-8(11(15)6-7)3-4-9-12(10)14(17)18-13(9)16/h3-4,7,11H,5-6H2,1-2H3. The third kappa shape index (κ3) is 0.972. The van der Waals surface area contributed by atoms with Crippen LogP contribution in [0.25, 0.3) is 0 Å². The van der Waals surface area contributed by atoms with Gasteiger partial charge in [0.25, 0.3) is 0 Å². The van der Waals surface area contributed by atoms with Gasteiger partial charge < -0.3 is 4.74 Å². The van der Waals surface area contributed by atoms with E-state index in [9.17, 15) is 9.59 Å². The quantitative estimate of drug-likeness (QED) is 0.519. The number of cyclic esters (lactones) is 2. The highest BCUT2D eigenvalue weighted by atomic mass is 16.6. The molecule has 92 valence electrons. The summed E-state index contributed by atoms with van der Waals surface area (Å²) in [6, 6.07) is 3.78. The van der Waals surface area contributed by atoms with Crippen molar-refractivity contribution >= 4 is 11.9 Å². The van der Waals surface area contributed by atoms with Gasteiger partial charge >= 0.3 is 11.9 Å². The molecular weight excluding hydrogens is 228 g/mol. The Balaban J connectivity index is 1.96. The minimum Gasteiger partial charge on any atom is -0.386 e. The van der Waals surface area contributed by atoms with E-state index in [1.54, 1.807) is 6.07 Å². The van der Waals surface area contributed by atoms with Crippen molar-refractivity contribution in [2.24, 2.45) is 11.3 Å². The Morgan fingerprint density at radius 2 is 2.00 bits per heavy atom. The lowest BCUT2D eigenvalue weighted by atomic mass is 9.47. The first-order valence-electron chi connectivity index (χ1n) is 6.42. The van der Waals surface area contributed by atoms with E-state index in [2.05, 4.69) is 13.8 Å². The molecule has 1 fully saturated rings. The molecule has 2 bridgehead atoms. The maximum Gasteiger partial charge on any atom is 0.347 e. The summed E-state index contributed by atoms with van der Waals surface area (Å²) in [5.41, 5.74) is 3.66. The molecule has 3 aliphatic carbocycles. The van der Waals surface area contributed by atoms with E-state index in [0.29, 0.717) is 28.4 Å². The number of fused-ring (bicyclic) bond motifs is 1. The van der Waals surface area contributed by atoms with Crippen molar-refractivity contribution in [1.29, 1.82) is 0 Å². The molecule has 0 N–H and O–H groups in total. The average Bonchev–Trinajstić information content (AvgIpc) is 2.64.